The Morgan fingerprint density at radius 3 is 3.18 bits per heavy atom. The third-order valence-corrected chi connectivity index (χ3v) is 4.28. The molecule has 1 fully saturated rings. The summed E-state index contributed by atoms with van der Waals surface area (Å²) in [6, 6.07) is 3.40. The molecule has 0 bridgehead atoms. The zero-order valence-corrected chi connectivity index (χ0v) is 13.9. The molecule has 3 rings (SSSR count). The smallest absolute Gasteiger partial charge is 0.250 e. The second-order valence-electron chi connectivity index (χ2n) is 5.38. The summed E-state index contributed by atoms with van der Waals surface area (Å²) in [6.45, 7) is 3.27. The number of rotatable bonds is 4. The van der Waals surface area contributed by atoms with E-state index < -0.39 is 0 Å². The van der Waals surface area contributed by atoms with Crippen molar-refractivity contribution in [2.24, 2.45) is 0 Å². The summed E-state index contributed by atoms with van der Waals surface area (Å²) < 4.78 is 7.81. The molecule has 2 aromatic rings. The van der Waals surface area contributed by atoms with Gasteiger partial charge in [-0.05, 0) is 29.0 Å². The van der Waals surface area contributed by atoms with Crippen molar-refractivity contribution in [3.8, 4) is 0 Å². The van der Waals surface area contributed by atoms with Crippen LogP contribution in [0.5, 0.6) is 0 Å². The summed E-state index contributed by atoms with van der Waals surface area (Å²) in [7, 11) is 2.06. The Morgan fingerprint density at radius 2 is 2.36 bits per heavy atom. The van der Waals surface area contributed by atoms with Crippen LogP contribution in [0.4, 0.5) is 0 Å². The minimum absolute atomic E-state index is 0.0425. The number of hydrogen-bond acceptors (Lipinski definition) is 6. The Labute approximate surface area is 136 Å². The molecule has 1 aliphatic rings. The highest BCUT2D eigenvalue weighted by atomic mass is 79.9. The summed E-state index contributed by atoms with van der Waals surface area (Å²) in [5.74, 6) is 1.26. The number of piperazine rings is 1. The molecule has 7 nitrogen and oxygen atoms in total. The van der Waals surface area contributed by atoms with Crippen molar-refractivity contribution < 1.29 is 4.52 Å². The average Bonchev–Trinajstić information content (AvgIpc) is 2.97. The SMILES string of the molecule is CN1CCNCC1c1noc(CCn2cc(Br)ccc2=O)n1. The molecular weight excluding hydrogens is 350 g/mol. The molecule has 22 heavy (non-hydrogen) atoms. The molecule has 0 spiro atoms. The Kier molecular flexibility index (Phi) is 4.70. The number of nitrogens with zero attached hydrogens (tertiary/aromatic N) is 4. The number of aromatic nitrogens is 3. The highest BCUT2D eigenvalue weighted by Gasteiger charge is 2.25. The molecule has 1 unspecified atom stereocenters. The second kappa shape index (κ2) is 6.72. The molecule has 2 aromatic heterocycles. The Morgan fingerprint density at radius 1 is 1.50 bits per heavy atom. The fraction of sp³-hybridized carbons (Fsp3) is 0.500. The van der Waals surface area contributed by atoms with Crippen LogP contribution in [-0.2, 0) is 13.0 Å². The van der Waals surface area contributed by atoms with Gasteiger partial charge in [0.05, 0.1) is 6.04 Å². The number of halogens is 1. The van der Waals surface area contributed by atoms with Crippen molar-refractivity contribution in [2.45, 2.75) is 19.0 Å². The molecule has 8 heteroatoms. The quantitative estimate of drug-likeness (QED) is 0.861. The monoisotopic (exact) mass is 367 g/mol. The predicted octanol–water partition coefficient (Wildman–Crippen LogP) is 0.813. The number of nitrogens with one attached hydrogen (secondary N) is 1. The second-order valence-corrected chi connectivity index (χ2v) is 6.29. The Hall–Kier alpha value is -1.51. The Balaban J connectivity index is 1.67. The fourth-order valence-electron chi connectivity index (χ4n) is 2.49. The van der Waals surface area contributed by atoms with Gasteiger partial charge in [-0.3, -0.25) is 9.69 Å². The third kappa shape index (κ3) is 3.45. The highest BCUT2D eigenvalue weighted by molar-refractivity contribution is 9.10. The van der Waals surface area contributed by atoms with E-state index in [9.17, 15) is 4.79 Å². The molecule has 1 N–H and O–H groups in total. The Bertz CT molecular complexity index is 699. The van der Waals surface area contributed by atoms with Gasteiger partial charge >= 0.3 is 0 Å². The maximum absolute atomic E-state index is 11.7. The van der Waals surface area contributed by atoms with Crippen molar-refractivity contribution in [3.63, 3.8) is 0 Å². The van der Waals surface area contributed by atoms with Crippen LogP contribution in [-0.4, -0.2) is 46.3 Å². The van der Waals surface area contributed by atoms with Gasteiger partial charge in [-0.1, -0.05) is 5.16 Å². The number of pyridine rings is 1. The molecule has 1 aliphatic heterocycles. The van der Waals surface area contributed by atoms with E-state index in [1.165, 1.54) is 6.07 Å². The highest BCUT2D eigenvalue weighted by Crippen LogP contribution is 2.17. The lowest BCUT2D eigenvalue weighted by Crippen LogP contribution is -2.44. The summed E-state index contributed by atoms with van der Waals surface area (Å²) in [6.07, 6.45) is 2.30. The molecule has 0 aromatic carbocycles. The van der Waals surface area contributed by atoms with Crippen LogP contribution < -0.4 is 10.9 Å². The summed E-state index contributed by atoms with van der Waals surface area (Å²) in [5.41, 5.74) is -0.0425. The van der Waals surface area contributed by atoms with Crippen molar-refractivity contribution in [2.75, 3.05) is 26.7 Å². The summed E-state index contributed by atoms with van der Waals surface area (Å²) in [5, 5.41) is 7.41. The molecule has 0 saturated carbocycles. The summed E-state index contributed by atoms with van der Waals surface area (Å²) in [4.78, 5) is 18.4. The molecule has 0 radical (unpaired) electrons. The van der Waals surface area contributed by atoms with Gasteiger partial charge in [-0.2, -0.15) is 4.98 Å². The minimum Gasteiger partial charge on any atom is -0.339 e. The topological polar surface area (TPSA) is 76.2 Å². The number of likely N-dealkylation sites (N-methyl/N-ethyl adjacent to an activating group) is 1. The van der Waals surface area contributed by atoms with E-state index in [1.807, 2.05) is 0 Å². The maximum atomic E-state index is 11.7. The molecule has 1 saturated heterocycles. The maximum Gasteiger partial charge on any atom is 0.250 e. The van der Waals surface area contributed by atoms with E-state index in [-0.39, 0.29) is 11.6 Å². The third-order valence-electron chi connectivity index (χ3n) is 3.81. The van der Waals surface area contributed by atoms with E-state index in [2.05, 4.69) is 43.3 Å². The van der Waals surface area contributed by atoms with Gasteiger partial charge < -0.3 is 14.4 Å². The minimum atomic E-state index is -0.0425. The average molecular weight is 368 g/mol. The number of aryl methyl sites for hydroxylation is 2. The van der Waals surface area contributed by atoms with Crippen molar-refractivity contribution >= 4 is 15.9 Å². The molecule has 0 amide bonds. The predicted molar refractivity (Wildman–Crippen MR) is 84.6 cm³/mol. The van der Waals surface area contributed by atoms with Gasteiger partial charge in [0, 0.05) is 49.3 Å². The number of hydrogen-bond donors (Lipinski definition) is 1. The van der Waals surface area contributed by atoms with Gasteiger partial charge in [-0.25, -0.2) is 0 Å². The standard InChI is InChI=1S/C14H18BrN5O2/c1-19-7-5-16-8-11(19)14-17-12(22-18-14)4-6-20-9-10(15)2-3-13(20)21/h2-3,9,11,16H,4-8H2,1H3. The van der Waals surface area contributed by atoms with Crippen LogP contribution in [0.1, 0.15) is 17.8 Å². The lowest BCUT2D eigenvalue weighted by Gasteiger charge is -2.30. The van der Waals surface area contributed by atoms with E-state index in [4.69, 9.17) is 4.52 Å². The largest absolute Gasteiger partial charge is 0.339 e. The lowest BCUT2D eigenvalue weighted by atomic mass is 10.2. The molecule has 0 aliphatic carbocycles. The van der Waals surface area contributed by atoms with Crippen LogP contribution in [0.2, 0.25) is 0 Å². The first kappa shape index (κ1) is 15.4. The van der Waals surface area contributed by atoms with E-state index in [0.29, 0.717) is 24.7 Å². The zero-order chi connectivity index (χ0) is 15.5. The normalized spacial score (nSPS) is 19.5. The van der Waals surface area contributed by atoms with E-state index in [0.717, 1.165) is 24.1 Å². The van der Waals surface area contributed by atoms with Crippen LogP contribution in [0.25, 0.3) is 0 Å². The van der Waals surface area contributed by atoms with Crippen LogP contribution in [0.15, 0.2) is 32.1 Å². The van der Waals surface area contributed by atoms with Gasteiger partial charge in [0.1, 0.15) is 0 Å². The fourth-order valence-corrected chi connectivity index (χ4v) is 2.87. The van der Waals surface area contributed by atoms with Crippen molar-refractivity contribution in [3.05, 3.63) is 44.9 Å². The van der Waals surface area contributed by atoms with Crippen LogP contribution in [0.3, 0.4) is 0 Å². The van der Waals surface area contributed by atoms with Crippen LogP contribution in [0, 0.1) is 0 Å². The first-order valence-corrected chi connectivity index (χ1v) is 8.02. The zero-order valence-electron chi connectivity index (χ0n) is 12.3. The van der Waals surface area contributed by atoms with Gasteiger partial charge in [0.15, 0.2) is 5.82 Å². The molecule has 3 heterocycles. The van der Waals surface area contributed by atoms with Gasteiger partial charge in [0.2, 0.25) is 5.89 Å². The molecule has 118 valence electrons. The molecule has 1 atom stereocenters. The lowest BCUT2D eigenvalue weighted by molar-refractivity contribution is 0.190. The first-order chi connectivity index (χ1) is 10.6. The van der Waals surface area contributed by atoms with Crippen LogP contribution >= 0.6 is 15.9 Å². The van der Waals surface area contributed by atoms with E-state index in [1.54, 1.807) is 16.8 Å². The van der Waals surface area contributed by atoms with E-state index >= 15 is 0 Å². The van der Waals surface area contributed by atoms with Crippen molar-refractivity contribution in [1.29, 1.82) is 0 Å². The van der Waals surface area contributed by atoms with Gasteiger partial charge in [-0.15, -0.1) is 0 Å². The van der Waals surface area contributed by atoms with Gasteiger partial charge in [0.25, 0.3) is 5.56 Å². The first-order valence-electron chi connectivity index (χ1n) is 7.23. The summed E-state index contributed by atoms with van der Waals surface area (Å²) >= 11 is 3.36. The molecular formula is C14H18BrN5O2. The van der Waals surface area contributed by atoms with Crippen molar-refractivity contribution in [1.82, 2.24) is 24.9 Å².